The molecular weight excluding hydrogens is 616 g/mol. The smallest absolute Gasteiger partial charge is 0.229 e. The number of rotatable bonds is 9. The molecular formula is C30H37ClN10O3S. The first-order valence-corrected chi connectivity index (χ1v) is 17.1. The topological polar surface area (TPSA) is 141 Å². The summed E-state index contributed by atoms with van der Waals surface area (Å²) in [7, 11) is 0.203. The zero-order chi connectivity index (χ0) is 31.6. The largest absolute Gasteiger partial charge is 0.494 e. The second kappa shape index (κ2) is 13.2. The van der Waals surface area contributed by atoms with E-state index in [2.05, 4.69) is 63.1 Å². The van der Waals surface area contributed by atoms with Crippen LogP contribution >= 0.6 is 11.6 Å². The van der Waals surface area contributed by atoms with E-state index >= 15 is 0 Å². The van der Waals surface area contributed by atoms with Gasteiger partial charge >= 0.3 is 0 Å². The third-order valence-electron chi connectivity index (χ3n) is 8.24. The average molecular weight is 653 g/mol. The molecule has 2 saturated heterocycles. The van der Waals surface area contributed by atoms with Crippen LogP contribution in [0.2, 0.25) is 5.02 Å². The molecule has 238 valence electrons. The Balaban J connectivity index is 1.18. The first-order chi connectivity index (χ1) is 21.7. The molecule has 2 aliphatic rings. The van der Waals surface area contributed by atoms with Crippen molar-refractivity contribution in [3.8, 4) is 5.75 Å². The van der Waals surface area contributed by atoms with Crippen molar-refractivity contribution in [3.63, 3.8) is 0 Å². The van der Waals surface area contributed by atoms with E-state index in [0.29, 0.717) is 34.2 Å². The maximum Gasteiger partial charge on any atom is 0.229 e. The fourth-order valence-electron chi connectivity index (χ4n) is 5.85. The Hall–Kier alpha value is -3.98. The second-order valence-electron chi connectivity index (χ2n) is 11.4. The summed E-state index contributed by atoms with van der Waals surface area (Å²) in [6, 6.07) is 10.1. The third kappa shape index (κ3) is 7.30. The van der Waals surface area contributed by atoms with Crippen molar-refractivity contribution in [1.82, 2.24) is 29.7 Å². The number of benzene rings is 2. The summed E-state index contributed by atoms with van der Waals surface area (Å²) in [6.45, 7) is 6.57. The van der Waals surface area contributed by atoms with Crippen LogP contribution in [0.3, 0.4) is 0 Å². The van der Waals surface area contributed by atoms with Crippen LogP contribution < -0.4 is 25.0 Å². The molecule has 4 heterocycles. The molecule has 2 fully saturated rings. The van der Waals surface area contributed by atoms with Crippen molar-refractivity contribution in [3.05, 3.63) is 53.9 Å². The molecule has 4 aromatic rings. The minimum atomic E-state index is -3.63. The van der Waals surface area contributed by atoms with Crippen LogP contribution in [0.5, 0.6) is 5.75 Å². The lowest BCUT2D eigenvalue weighted by molar-refractivity contribution is 0.0982. The molecule has 0 unspecified atom stereocenters. The van der Waals surface area contributed by atoms with Crippen molar-refractivity contribution < 1.29 is 13.2 Å². The summed E-state index contributed by atoms with van der Waals surface area (Å²) in [5, 5.41) is 6.61. The van der Waals surface area contributed by atoms with Crippen LogP contribution in [0.1, 0.15) is 12.8 Å². The van der Waals surface area contributed by atoms with Crippen LogP contribution in [0.25, 0.3) is 11.0 Å². The molecule has 0 saturated carbocycles. The lowest BCUT2D eigenvalue weighted by atomic mass is 10.0. The van der Waals surface area contributed by atoms with E-state index in [0.717, 1.165) is 64.1 Å². The van der Waals surface area contributed by atoms with Crippen LogP contribution in [0.15, 0.2) is 48.9 Å². The summed E-state index contributed by atoms with van der Waals surface area (Å²) in [5.74, 6) is 1.21. The number of halogens is 1. The first kappa shape index (κ1) is 31.0. The van der Waals surface area contributed by atoms with Crippen molar-refractivity contribution in [2.24, 2.45) is 0 Å². The molecule has 0 bridgehead atoms. The number of fused-ring (bicyclic) bond motifs is 1. The van der Waals surface area contributed by atoms with E-state index in [1.165, 1.54) is 18.6 Å². The van der Waals surface area contributed by atoms with Crippen LogP contribution in [0.4, 0.5) is 34.5 Å². The number of piperazine rings is 1. The number of hydrogen-bond donors (Lipinski definition) is 3. The predicted molar refractivity (Wildman–Crippen MR) is 179 cm³/mol. The number of nitrogens with zero attached hydrogens (tertiary/aromatic N) is 7. The summed E-state index contributed by atoms with van der Waals surface area (Å²) in [6.07, 6.45) is 7.86. The lowest BCUT2D eigenvalue weighted by Crippen LogP contribution is -2.52. The van der Waals surface area contributed by atoms with Gasteiger partial charge in [-0.3, -0.25) is 19.6 Å². The highest BCUT2D eigenvalue weighted by Gasteiger charge is 2.27. The zero-order valence-corrected chi connectivity index (χ0v) is 27.1. The van der Waals surface area contributed by atoms with E-state index in [-0.39, 0.29) is 22.5 Å². The van der Waals surface area contributed by atoms with E-state index in [9.17, 15) is 8.42 Å². The maximum atomic E-state index is 12.2. The number of methoxy groups -OCH3 is 1. The Morgan fingerprint density at radius 3 is 2.40 bits per heavy atom. The van der Waals surface area contributed by atoms with Gasteiger partial charge in [-0.1, -0.05) is 11.6 Å². The molecule has 15 heteroatoms. The molecule has 3 N–H and O–H groups in total. The molecule has 2 aliphatic heterocycles. The Morgan fingerprint density at radius 1 is 0.933 bits per heavy atom. The van der Waals surface area contributed by atoms with E-state index in [1.54, 1.807) is 19.2 Å². The SMILES string of the molecule is COc1cc(N2CCC(N3CCN(C)CC3)CC2)ccc1Nc1ncc(Cl)c(Nc2ccc3nccnc3c2NS(C)(=O)=O)n1. The Labute approximate surface area is 268 Å². The van der Waals surface area contributed by atoms with Crippen molar-refractivity contribution in [1.29, 1.82) is 0 Å². The van der Waals surface area contributed by atoms with Crippen molar-refractivity contribution >= 4 is 67.2 Å². The van der Waals surface area contributed by atoms with Gasteiger partial charge < -0.3 is 25.2 Å². The quantitative estimate of drug-likeness (QED) is 0.239. The molecule has 0 spiro atoms. The highest BCUT2D eigenvalue weighted by atomic mass is 35.5. The van der Waals surface area contributed by atoms with Gasteiger partial charge in [0.25, 0.3) is 0 Å². The van der Waals surface area contributed by atoms with Gasteiger partial charge in [-0.15, -0.1) is 0 Å². The highest BCUT2D eigenvalue weighted by molar-refractivity contribution is 7.92. The normalized spacial score (nSPS) is 16.9. The molecule has 45 heavy (non-hydrogen) atoms. The number of hydrogen-bond acceptors (Lipinski definition) is 12. The predicted octanol–water partition coefficient (Wildman–Crippen LogP) is 4.16. The van der Waals surface area contributed by atoms with Gasteiger partial charge in [0.15, 0.2) is 5.82 Å². The van der Waals surface area contributed by atoms with E-state index in [1.807, 2.05) is 12.1 Å². The summed E-state index contributed by atoms with van der Waals surface area (Å²) in [4.78, 5) is 25.0. The standard InChI is InChI=1S/C30H37ClN10O3S/c1-39-14-16-41(17-15-39)20-8-12-40(13-9-20)21-4-5-23(26(18-21)44-2)36-30-34-19-22(31)29(37-30)35-25-7-6-24-27(33-11-10-32-24)28(25)38-45(3,42)43/h4-7,10-11,18-20,38H,8-9,12-17H2,1-3H3,(H2,34,35,36,37). The number of ether oxygens (including phenoxy) is 1. The summed E-state index contributed by atoms with van der Waals surface area (Å²) >= 11 is 6.47. The second-order valence-corrected chi connectivity index (χ2v) is 13.5. The molecule has 2 aromatic carbocycles. The third-order valence-corrected chi connectivity index (χ3v) is 9.09. The fourth-order valence-corrected chi connectivity index (χ4v) is 6.56. The summed E-state index contributed by atoms with van der Waals surface area (Å²) < 4.78 is 32.6. The lowest BCUT2D eigenvalue weighted by Gasteiger charge is -2.42. The van der Waals surface area contributed by atoms with E-state index < -0.39 is 10.0 Å². The van der Waals surface area contributed by atoms with Gasteiger partial charge in [0.05, 0.1) is 42.1 Å². The van der Waals surface area contributed by atoms with Crippen LogP contribution in [0, 0.1) is 0 Å². The van der Waals surface area contributed by atoms with Gasteiger partial charge in [-0.2, -0.15) is 4.98 Å². The van der Waals surface area contributed by atoms with Gasteiger partial charge in [0, 0.05) is 69.5 Å². The van der Waals surface area contributed by atoms with E-state index in [4.69, 9.17) is 16.3 Å². The Kier molecular flexibility index (Phi) is 9.08. The van der Waals surface area contributed by atoms with Gasteiger partial charge in [0.1, 0.15) is 16.3 Å². The van der Waals surface area contributed by atoms with Gasteiger partial charge in [0.2, 0.25) is 16.0 Å². The fraction of sp³-hybridized carbons (Fsp3) is 0.400. The van der Waals surface area contributed by atoms with Gasteiger partial charge in [-0.05, 0) is 44.2 Å². The minimum absolute atomic E-state index is 0.233. The Morgan fingerprint density at radius 2 is 1.67 bits per heavy atom. The molecule has 13 nitrogen and oxygen atoms in total. The minimum Gasteiger partial charge on any atom is -0.494 e. The summed E-state index contributed by atoms with van der Waals surface area (Å²) in [5.41, 5.74) is 3.35. The molecule has 6 rings (SSSR count). The Bertz CT molecular complexity index is 1780. The van der Waals surface area contributed by atoms with Crippen LogP contribution in [-0.4, -0.2) is 104 Å². The number of piperidine rings is 1. The zero-order valence-electron chi connectivity index (χ0n) is 25.5. The molecule has 2 aromatic heterocycles. The number of aromatic nitrogens is 4. The number of likely N-dealkylation sites (N-methyl/N-ethyl adjacent to an activating group) is 1. The maximum absolute atomic E-state index is 12.2. The molecule has 0 atom stereocenters. The van der Waals surface area contributed by atoms with Crippen molar-refractivity contribution in [2.45, 2.75) is 18.9 Å². The molecule has 0 aliphatic carbocycles. The van der Waals surface area contributed by atoms with Crippen molar-refractivity contribution in [2.75, 3.05) is 79.9 Å². The number of nitrogens with one attached hydrogen (secondary N) is 3. The molecule has 0 amide bonds. The highest BCUT2D eigenvalue weighted by Crippen LogP contribution is 2.36. The van der Waals surface area contributed by atoms with Gasteiger partial charge in [-0.25, -0.2) is 13.4 Å². The number of anilines is 6. The average Bonchev–Trinajstić information content (AvgIpc) is 3.04. The monoisotopic (exact) mass is 652 g/mol. The number of sulfonamides is 1. The molecule has 0 radical (unpaired) electrons. The first-order valence-electron chi connectivity index (χ1n) is 14.8. The van der Waals surface area contributed by atoms with Crippen LogP contribution in [-0.2, 0) is 10.0 Å².